The van der Waals surface area contributed by atoms with E-state index in [2.05, 4.69) is 15.3 Å². The number of aromatic amines is 1. The number of fused-ring (bicyclic) bond motifs is 1. The second-order valence-electron chi connectivity index (χ2n) is 6.95. The first-order chi connectivity index (χ1) is 14.1. The smallest absolute Gasteiger partial charge is 0.287 e. The second-order valence-corrected chi connectivity index (χ2v) is 6.95. The fraction of sp³-hybridized carbons (Fsp3) is 0.286. The van der Waals surface area contributed by atoms with Gasteiger partial charge < -0.3 is 19.8 Å². The molecule has 1 atom stereocenters. The van der Waals surface area contributed by atoms with Crippen LogP contribution in [0.5, 0.6) is 5.75 Å². The number of benzene rings is 2. The lowest BCUT2D eigenvalue weighted by molar-refractivity contribution is 0.0940. The standard InChI is InChI=1S/C21H20FN3O4/c22-15-4-5-18-17(9-15)20(26)25-19(24-18)21(27)23-10-13-2-1-3-16(8-13)29-12-14-6-7-28-11-14/h1-5,8-9,14H,6-7,10-12H2,(H,23,27)(H,24,25,26). The number of carbonyl (C=O) groups is 1. The van der Waals surface area contributed by atoms with E-state index in [-0.39, 0.29) is 23.3 Å². The number of amides is 1. The fourth-order valence-electron chi connectivity index (χ4n) is 3.16. The summed E-state index contributed by atoms with van der Waals surface area (Å²) in [6.07, 6.45) is 0.999. The van der Waals surface area contributed by atoms with Crippen LogP contribution in [0.25, 0.3) is 10.9 Å². The lowest BCUT2D eigenvalue weighted by atomic mass is 10.1. The first-order valence-electron chi connectivity index (χ1n) is 9.36. The van der Waals surface area contributed by atoms with Crippen molar-refractivity contribution in [1.82, 2.24) is 15.3 Å². The molecule has 2 aromatic carbocycles. The molecule has 29 heavy (non-hydrogen) atoms. The fourth-order valence-corrected chi connectivity index (χ4v) is 3.16. The van der Waals surface area contributed by atoms with E-state index in [0.717, 1.165) is 37.0 Å². The summed E-state index contributed by atoms with van der Waals surface area (Å²) < 4.78 is 24.4. The molecule has 0 aliphatic carbocycles. The van der Waals surface area contributed by atoms with Crippen LogP contribution in [0.15, 0.2) is 47.3 Å². The highest BCUT2D eigenvalue weighted by Crippen LogP contribution is 2.18. The van der Waals surface area contributed by atoms with Gasteiger partial charge in [-0.05, 0) is 42.3 Å². The summed E-state index contributed by atoms with van der Waals surface area (Å²) in [5.41, 5.74) is 0.543. The van der Waals surface area contributed by atoms with Crippen molar-refractivity contribution in [2.75, 3.05) is 19.8 Å². The quantitative estimate of drug-likeness (QED) is 0.666. The number of carbonyl (C=O) groups excluding carboxylic acids is 1. The molecule has 4 rings (SSSR count). The van der Waals surface area contributed by atoms with Crippen LogP contribution in [0.3, 0.4) is 0 Å². The summed E-state index contributed by atoms with van der Waals surface area (Å²) in [5.74, 6) is -0.0550. The molecule has 1 fully saturated rings. The average molecular weight is 397 g/mol. The average Bonchev–Trinajstić information content (AvgIpc) is 3.25. The molecule has 0 bridgehead atoms. The van der Waals surface area contributed by atoms with Gasteiger partial charge in [-0.25, -0.2) is 9.37 Å². The number of H-pyrrole nitrogens is 1. The van der Waals surface area contributed by atoms with Crippen molar-refractivity contribution in [1.29, 1.82) is 0 Å². The van der Waals surface area contributed by atoms with Crippen LogP contribution >= 0.6 is 0 Å². The van der Waals surface area contributed by atoms with Gasteiger partial charge in [0.15, 0.2) is 5.82 Å². The Morgan fingerprint density at radius 1 is 1.31 bits per heavy atom. The lowest BCUT2D eigenvalue weighted by Gasteiger charge is -2.11. The third-order valence-electron chi connectivity index (χ3n) is 4.74. The molecule has 1 unspecified atom stereocenters. The third kappa shape index (κ3) is 4.60. The molecule has 7 nitrogen and oxygen atoms in total. The molecule has 3 aromatic rings. The van der Waals surface area contributed by atoms with E-state index < -0.39 is 17.3 Å². The molecule has 0 spiro atoms. The Labute approximate surface area is 165 Å². The number of rotatable bonds is 6. The molecule has 8 heteroatoms. The van der Waals surface area contributed by atoms with Gasteiger partial charge in [-0.2, -0.15) is 0 Å². The monoisotopic (exact) mass is 397 g/mol. The van der Waals surface area contributed by atoms with Crippen LogP contribution < -0.4 is 15.6 Å². The summed E-state index contributed by atoms with van der Waals surface area (Å²) in [6.45, 7) is 2.34. The van der Waals surface area contributed by atoms with Crippen molar-refractivity contribution in [3.05, 3.63) is 70.0 Å². The van der Waals surface area contributed by atoms with Gasteiger partial charge in [-0.3, -0.25) is 9.59 Å². The highest BCUT2D eigenvalue weighted by molar-refractivity contribution is 5.92. The predicted molar refractivity (Wildman–Crippen MR) is 104 cm³/mol. The van der Waals surface area contributed by atoms with Crippen molar-refractivity contribution in [3.63, 3.8) is 0 Å². The summed E-state index contributed by atoms with van der Waals surface area (Å²) in [7, 11) is 0. The van der Waals surface area contributed by atoms with Crippen molar-refractivity contribution in [3.8, 4) is 5.75 Å². The van der Waals surface area contributed by atoms with E-state index in [9.17, 15) is 14.0 Å². The molecule has 2 heterocycles. The second kappa shape index (κ2) is 8.40. The number of nitrogens with zero attached hydrogens (tertiary/aromatic N) is 1. The van der Waals surface area contributed by atoms with E-state index in [1.807, 2.05) is 24.3 Å². The zero-order valence-corrected chi connectivity index (χ0v) is 15.6. The number of halogens is 1. The summed E-state index contributed by atoms with van der Waals surface area (Å²) in [5, 5.41) is 2.82. The Balaban J connectivity index is 1.40. The lowest BCUT2D eigenvalue weighted by Crippen LogP contribution is -2.27. The van der Waals surface area contributed by atoms with Gasteiger partial charge in [0.2, 0.25) is 0 Å². The van der Waals surface area contributed by atoms with Gasteiger partial charge in [-0.15, -0.1) is 0 Å². The van der Waals surface area contributed by atoms with E-state index in [1.165, 1.54) is 12.1 Å². The topological polar surface area (TPSA) is 93.3 Å². The minimum Gasteiger partial charge on any atom is -0.493 e. The van der Waals surface area contributed by atoms with Crippen LogP contribution in [0.1, 0.15) is 22.6 Å². The maximum Gasteiger partial charge on any atom is 0.287 e. The van der Waals surface area contributed by atoms with Crippen LogP contribution in [0.4, 0.5) is 4.39 Å². The molecule has 1 aliphatic rings. The van der Waals surface area contributed by atoms with E-state index in [0.29, 0.717) is 12.5 Å². The number of nitrogens with one attached hydrogen (secondary N) is 2. The summed E-state index contributed by atoms with van der Waals surface area (Å²) in [6, 6.07) is 11.1. The first kappa shape index (κ1) is 19.1. The third-order valence-corrected chi connectivity index (χ3v) is 4.74. The SMILES string of the molecule is O=C(NCc1cccc(OCC2CCOC2)c1)c1nc2ccc(F)cc2c(=O)[nH]1. The normalized spacial score (nSPS) is 16.1. The minimum absolute atomic E-state index is 0.0964. The Morgan fingerprint density at radius 3 is 3.03 bits per heavy atom. The maximum atomic E-state index is 13.3. The highest BCUT2D eigenvalue weighted by atomic mass is 19.1. The number of hydrogen-bond donors (Lipinski definition) is 2. The molecule has 1 saturated heterocycles. The number of ether oxygens (including phenoxy) is 2. The van der Waals surface area contributed by atoms with Gasteiger partial charge in [0.25, 0.3) is 11.5 Å². The molecule has 1 amide bonds. The molecule has 0 radical (unpaired) electrons. The zero-order valence-electron chi connectivity index (χ0n) is 15.6. The number of hydrogen-bond acceptors (Lipinski definition) is 5. The Bertz CT molecular complexity index is 1090. The molecule has 2 N–H and O–H groups in total. The van der Waals surface area contributed by atoms with Crippen LogP contribution in [0, 0.1) is 11.7 Å². The van der Waals surface area contributed by atoms with Crippen LogP contribution in [-0.4, -0.2) is 35.7 Å². The number of aromatic nitrogens is 2. The summed E-state index contributed by atoms with van der Waals surface area (Å²) >= 11 is 0. The molecule has 1 aliphatic heterocycles. The largest absolute Gasteiger partial charge is 0.493 e. The molecule has 1 aromatic heterocycles. The van der Waals surface area contributed by atoms with Crippen LogP contribution in [-0.2, 0) is 11.3 Å². The maximum absolute atomic E-state index is 13.3. The molecule has 150 valence electrons. The van der Waals surface area contributed by atoms with Gasteiger partial charge >= 0.3 is 0 Å². The Morgan fingerprint density at radius 2 is 2.21 bits per heavy atom. The predicted octanol–water partition coefficient (Wildman–Crippen LogP) is 2.41. The van der Waals surface area contributed by atoms with E-state index >= 15 is 0 Å². The van der Waals surface area contributed by atoms with Crippen molar-refractivity contribution >= 4 is 16.8 Å². The van der Waals surface area contributed by atoms with Crippen molar-refractivity contribution in [2.45, 2.75) is 13.0 Å². The van der Waals surface area contributed by atoms with Gasteiger partial charge in [-0.1, -0.05) is 12.1 Å². The molecular formula is C21H20FN3O4. The van der Waals surface area contributed by atoms with Crippen molar-refractivity contribution in [2.24, 2.45) is 5.92 Å². The molecule has 0 saturated carbocycles. The minimum atomic E-state index is -0.564. The van der Waals surface area contributed by atoms with E-state index in [1.54, 1.807) is 0 Å². The van der Waals surface area contributed by atoms with Gasteiger partial charge in [0, 0.05) is 19.1 Å². The van der Waals surface area contributed by atoms with E-state index in [4.69, 9.17) is 9.47 Å². The molecular weight excluding hydrogens is 377 g/mol. The first-order valence-corrected chi connectivity index (χ1v) is 9.36. The van der Waals surface area contributed by atoms with Crippen molar-refractivity contribution < 1.29 is 18.7 Å². The van der Waals surface area contributed by atoms with Gasteiger partial charge in [0.05, 0.1) is 24.1 Å². The van der Waals surface area contributed by atoms with Gasteiger partial charge in [0.1, 0.15) is 11.6 Å². The summed E-state index contributed by atoms with van der Waals surface area (Å²) in [4.78, 5) is 31.0. The zero-order chi connectivity index (χ0) is 20.2. The van der Waals surface area contributed by atoms with Crippen LogP contribution in [0.2, 0.25) is 0 Å². The Kier molecular flexibility index (Phi) is 5.53. The highest BCUT2D eigenvalue weighted by Gasteiger charge is 2.16. The Hall–Kier alpha value is -3.26.